The van der Waals surface area contributed by atoms with Gasteiger partial charge in [-0.25, -0.2) is 4.98 Å². The second-order valence-corrected chi connectivity index (χ2v) is 6.61. The minimum atomic E-state index is -0.146. The second-order valence-electron chi connectivity index (χ2n) is 6.61. The topological polar surface area (TPSA) is 63.7 Å². The Morgan fingerprint density at radius 2 is 2.04 bits per heavy atom. The first-order chi connectivity index (χ1) is 13.7. The van der Waals surface area contributed by atoms with Gasteiger partial charge in [-0.2, -0.15) is 0 Å². The zero-order chi connectivity index (χ0) is 19.8. The number of hydrogen-bond acceptors (Lipinski definition) is 5. The summed E-state index contributed by atoms with van der Waals surface area (Å²) in [5.41, 5.74) is 1.91. The molecule has 2 heterocycles. The molecule has 3 rings (SSSR count). The van der Waals surface area contributed by atoms with Gasteiger partial charge in [0.25, 0.3) is 0 Å². The van der Waals surface area contributed by atoms with Gasteiger partial charge in [0.1, 0.15) is 5.82 Å². The van der Waals surface area contributed by atoms with Gasteiger partial charge < -0.3 is 19.7 Å². The van der Waals surface area contributed by atoms with Gasteiger partial charge in [-0.1, -0.05) is 6.07 Å². The highest BCUT2D eigenvalue weighted by atomic mass is 16.5. The fourth-order valence-electron chi connectivity index (χ4n) is 3.17. The molecule has 0 aliphatic carbocycles. The van der Waals surface area contributed by atoms with E-state index in [-0.39, 0.29) is 5.91 Å². The van der Waals surface area contributed by atoms with Crippen molar-refractivity contribution >= 4 is 17.8 Å². The molecule has 1 amide bonds. The number of amides is 1. The minimum Gasteiger partial charge on any atom is -0.493 e. The van der Waals surface area contributed by atoms with Gasteiger partial charge in [0.2, 0.25) is 5.91 Å². The van der Waals surface area contributed by atoms with E-state index in [1.807, 2.05) is 37.3 Å². The van der Waals surface area contributed by atoms with Crippen LogP contribution in [0.5, 0.6) is 11.5 Å². The second kappa shape index (κ2) is 9.78. The van der Waals surface area contributed by atoms with Crippen LogP contribution in [0.25, 0.3) is 6.08 Å². The smallest absolute Gasteiger partial charge is 0.244 e. The van der Waals surface area contributed by atoms with Crippen molar-refractivity contribution in [2.24, 2.45) is 0 Å². The Labute approximate surface area is 166 Å². The maximum absolute atomic E-state index is 12.2. The van der Waals surface area contributed by atoms with Crippen molar-refractivity contribution in [2.45, 2.75) is 26.3 Å². The molecule has 0 spiro atoms. The molecule has 2 aromatic rings. The summed E-state index contributed by atoms with van der Waals surface area (Å²) in [6.45, 7) is 5.07. The number of methoxy groups -OCH3 is 1. The summed E-state index contributed by atoms with van der Waals surface area (Å²) in [4.78, 5) is 18.9. The first-order valence-electron chi connectivity index (χ1n) is 9.66. The summed E-state index contributed by atoms with van der Waals surface area (Å²) in [5, 5.41) is 2.92. The van der Waals surface area contributed by atoms with Crippen LogP contribution in [0.2, 0.25) is 0 Å². The van der Waals surface area contributed by atoms with Gasteiger partial charge in [-0.3, -0.25) is 4.79 Å². The molecule has 0 bridgehead atoms. The quantitative estimate of drug-likeness (QED) is 0.710. The van der Waals surface area contributed by atoms with Crippen LogP contribution in [-0.4, -0.2) is 37.7 Å². The Hall–Kier alpha value is -3.02. The van der Waals surface area contributed by atoms with Crippen LogP contribution >= 0.6 is 0 Å². The highest BCUT2D eigenvalue weighted by Gasteiger charge is 2.13. The van der Waals surface area contributed by atoms with Crippen molar-refractivity contribution in [3.8, 4) is 11.5 Å². The summed E-state index contributed by atoms with van der Waals surface area (Å²) in [6.07, 6.45) is 7.51. The van der Waals surface area contributed by atoms with Gasteiger partial charge >= 0.3 is 0 Å². The molecule has 1 saturated heterocycles. The van der Waals surface area contributed by atoms with Gasteiger partial charge in [0.15, 0.2) is 11.5 Å². The lowest BCUT2D eigenvalue weighted by Gasteiger charge is -2.16. The molecule has 0 radical (unpaired) electrons. The molecule has 0 unspecified atom stereocenters. The Balaban J connectivity index is 1.56. The molecule has 1 N–H and O–H groups in total. The lowest BCUT2D eigenvalue weighted by atomic mass is 10.2. The van der Waals surface area contributed by atoms with Gasteiger partial charge in [-0.15, -0.1) is 0 Å². The van der Waals surface area contributed by atoms with Crippen molar-refractivity contribution in [3.63, 3.8) is 0 Å². The highest BCUT2D eigenvalue weighted by Crippen LogP contribution is 2.28. The maximum atomic E-state index is 12.2. The van der Waals surface area contributed by atoms with Crippen molar-refractivity contribution in [2.75, 3.05) is 31.7 Å². The van der Waals surface area contributed by atoms with E-state index in [9.17, 15) is 4.79 Å². The number of carbonyl (C=O) groups excluding carboxylic acids is 1. The van der Waals surface area contributed by atoms with E-state index in [2.05, 4.69) is 15.2 Å². The van der Waals surface area contributed by atoms with Crippen LogP contribution in [0.15, 0.2) is 42.6 Å². The zero-order valence-corrected chi connectivity index (χ0v) is 16.5. The van der Waals surface area contributed by atoms with Crippen molar-refractivity contribution in [3.05, 3.63) is 53.7 Å². The third-order valence-corrected chi connectivity index (χ3v) is 4.62. The SMILES string of the molecule is CCOc1ccc(/C=C/C(=O)NCc2ccnc(N3CCCC3)c2)cc1OC. The van der Waals surface area contributed by atoms with Crippen molar-refractivity contribution in [1.29, 1.82) is 0 Å². The van der Waals surface area contributed by atoms with E-state index in [0.29, 0.717) is 24.7 Å². The normalized spacial score (nSPS) is 13.7. The number of hydrogen-bond donors (Lipinski definition) is 1. The number of carbonyl (C=O) groups is 1. The minimum absolute atomic E-state index is 0.146. The van der Waals surface area contributed by atoms with Crippen LogP contribution < -0.4 is 19.7 Å². The lowest BCUT2D eigenvalue weighted by molar-refractivity contribution is -0.116. The predicted octanol–water partition coefficient (Wildman–Crippen LogP) is 3.42. The molecule has 6 heteroatoms. The van der Waals surface area contributed by atoms with E-state index >= 15 is 0 Å². The highest BCUT2D eigenvalue weighted by molar-refractivity contribution is 5.91. The molecule has 1 aromatic heterocycles. The summed E-state index contributed by atoms with van der Waals surface area (Å²) in [7, 11) is 1.60. The largest absolute Gasteiger partial charge is 0.493 e. The van der Waals surface area contributed by atoms with Gasteiger partial charge in [-0.05, 0) is 61.2 Å². The Bertz CT molecular complexity index is 830. The zero-order valence-electron chi connectivity index (χ0n) is 16.5. The standard InChI is InChI=1S/C22H27N3O3/c1-3-28-19-8-6-17(14-20(19)27-2)7-9-22(26)24-16-18-10-11-23-21(15-18)25-12-4-5-13-25/h6-11,14-15H,3-5,12-13,16H2,1-2H3,(H,24,26)/b9-7+. The van der Waals surface area contributed by atoms with E-state index in [1.165, 1.54) is 18.9 Å². The monoisotopic (exact) mass is 381 g/mol. The molecule has 0 saturated carbocycles. The van der Waals surface area contributed by atoms with Crippen LogP contribution in [0.1, 0.15) is 30.9 Å². The van der Waals surface area contributed by atoms with Gasteiger partial charge in [0.05, 0.1) is 13.7 Å². The number of ether oxygens (including phenoxy) is 2. The number of nitrogens with one attached hydrogen (secondary N) is 1. The third-order valence-electron chi connectivity index (χ3n) is 4.62. The molecular weight excluding hydrogens is 354 g/mol. The lowest BCUT2D eigenvalue weighted by Crippen LogP contribution is -2.22. The van der Waals surface area contributed by atoms with Gasteiger partial charge in [0, 0.05) is 31.9 Å². The third kappa shape index (κ3) is 5.25. The molecule has 1 aliphatic rings. The Kier molecular flexibility index (Phi) is 6.89. The number of anilines is 1. The molecule has 148 valence electrons. The Morgan fingerprint density at radius 3 is 2.79 bits per heavy atom. The van der Waals surface area contributed by atoms with E-state index in [4.69, 9.17) is 9.47 Å². The maximum Gasteiger partial charge on any atom is 0.244 e. The summed E-state index contributed by atoms with van der Waals surface area (Å²) in [5.74, 6) is 2.18. The van der Waals surface area contributed by atoms with E-state index in [1.54, 1.807) is 19.4 Å². The first-order valence-corrected chi connectivity index (χ1v) is 9.66. The average molecular weight is 381 g/mol. The number of nitrogens with zero attached hydrogens (tertiary/aromatic N) is 2. The van der Waals surface area contributed by atoms with Crippen LogP contribution in [-0.2, 0) is 11.3 Å². The fraction of sp³-hybridized carbons (Fsp3) is 0.364. The summed E-state index contributed by atoms with van der Waals surface area (Å²) in [6, 6.07) is 9.56. The van der Waals surface area contributed by atoms with Crippen LogP contribution in [0, 0.1) is 0 Å². The van der Waals surface area contributed by atoms with E-state index < -0.39 is 0 Å². The average Bonchev–Trinajstić information content (AvgIpc) is 3.27. The molecule has 0 atom stereocenters. The molecule has 1 fully saturated rings. The molecular formula is C22H27N3O3. The number of rotatable bonds is 8. The predicted molar refractivity (Wildman–Crippen MR) is 111 cm³/mol. The fourth-order valence-corrected chi connectivity index (χ4v) is 3.17. The number of benzene rings is 1. The molecule has 28 heavy (non-hydrogen) atoms. The number of aromatic nitrogens is 1. The van der Waals surface area contributed by atoms with Crippen molar-refractivity contribution in [1.82, 2.24) is 10.3 Å². The first kappa shape index (κ1) is 19.7. The van der Waals surface area contributed by atoms with Crippen LogP contribution in [0.4, 0.5) is 5.82 Å². The summed E-state index contributed by atoms with van der Waals surface area (Å²) < 4.78 is 10.8. The summed E-state index contributed by atoms with van der Waals surface area (Å²) >= 11 is 0. The molecule has 1 aromatic carbocycles. The van der Waals surface area contributed by atoms with Crippen molar-refractivity contribution < 1.29 is 14.3 Å². The van der Waals surface area contributed by atoms with E-state index in [0.717, 1.165) is 30.0 Å². The Morgan fingerprint density at radius 1 is 1.21 bits per heavy atom. The number of pyridine rings is 1. The van der Waals surface area contributed by atoms with Crippen LogP contribution in [0.3, 0.4) is 0 Å². The molecule has 1 aliphatic heterocycles. The molecule has 6 nitrogen and oxygen atoms in total.